The molecule has 14 heavy (non-hydrogen) atoms. The van der Waals surface area contributed by atoms with E-state index in [1.54, 1.807) is 13.3 Å². The van der Waals surface area contributed by atoms with E-state index in [-0.39, 0.29) is 0 Å². The second kappa shape index (κ2) is 3.77. The Bertz CT molecular complexity index is 386. The van der Waals surface area contributed by atoms with Gasteiger partial charge in [-0.25, -0.2) is 9.97 Å². The third-order valence-electron chi connectivity index (χ3n) is 2.09. The van der Waals surface area contributed by atoms with Crippen molar-refractivity contribution in [2.24, 2.45) is 0 Å². The van der Waals surface area contributed by atoms with E-state index in [1.807, 2.05) is 6.07 Å². The number of aliphatic hydroxyl groups is 1. The lowest BCUT2D eigenvalue weighted by Gasteiger charge is -1.96. The first-order valence-corrected chi connectivity index (χ1v) is 4.77. The number of rotatable bonds is 1. The van der Waals surface area contributed by atoms with Gasteiger partial charge in [-0.1, -0.05) is 5.92 Å². The Morgan fingerprint density at radius 1 is 1.50 bits per heavy atom. The molecule has 1 unspecified atom stereocenters. The molecule has 2 rings (SSSR count). The maximum atomic E-state index is 8.99. The van der Waals surface area contributed by atoms with Crippen LogP contribution in [0.2, 0.25) is 0 Å². The van der Waals surface area contributed by atoms with Gasteiger partial charge in [-0.15, -0.1) is 0 Å². The van der Waals surface area contributed by atoms with Crippen molar-refractivity contribution in [1.29, 1.82) is 0 Å². The van der Waals surface area contributed by atoms with E-state index in [1.165, 1.54) is 12.8 Å². The van der Waals surface area contributed by atoms with Crippen molar-refractivity contribution in [2.75, 3.05) is 0 Å². The van der Waals surface area contributed by atoms with Crippen molar-refractivity contribution >= 4 is 0 Å². The first kappa shape index (κ1) is 9.17. The SMILES string of the molecule is CC(O)C#Cc1cc(C2CC2)ncn1. The summed E-state index contributed by atoms with van der Waals surface area (Å²) in [6.45, 7) is 1.63. The first-order valence-electron chi connectivity index (χ1n) is 4.77. The lowest BCUT2D eigenvalue weighted by molar-refractivity contribution is 0.253. The van der Waals surface area contributed by atoms with Crippen molar-refractivity contribution in [3.63, 3.8) is 0 Å². The molecule has 1 aromatic rings. The van der Waals surface area contributed by atoms with Gasteiger partial charge in [0.05, 0.1) is 0 Å². The summed E-state index contributed by atoms with van der Waals surface area (Å²) in [5, 5.41) is 8.99. The highest BCUT2D eigenvalue weighted by molar-refractivity contribution is 5.30. The van der Waals surface area contributed by atoms with Gasteiger partial charge < -0.3 is 5.11 Å². The molecule has 1 aromatic heterocycles. The molecule has 1 aliphatic carbocycles. The first-order chi connectivity index (χ1) is 6.75. The van der Waals surface area contributed by atoms with Crippen molar-refractivity contribution in [3.8, 4) is 11.8 Å². The molecule has 0 spiro atoms. The topological polar surface area (TPSA) is 46.0 Å². The quantitative estimate of drug-likeness (QED) is 0.671. The van der Waals surface area contributed by atoms with Gasteiger partial charge in [0, 0.05) is 11.6 Å². The van der Waals surface area contributed by atoms with Crippen molar-refractivity contribution in [2.45, 2.75) is 31.8 Å². The van der Waals surface area contributed by atoms with Crippen LogP contribution in [0, 0.1) is 11.8 Å². The molecule has 0 saturated heterocycles. The minimum atomic E-state index is -0.602. The molecule has 3 nitrogen and oxygen atoms in total. The zero-order chi connectivity index (χ0) is 9.97. The van der Waals surface area contributed by atoms with Crippen molar-refractivity contribution < 1.29 is 5.11 Å². The predicted octanol–water partition coefficient (Wildman–Crippen LogP) is 1.09. The summed E-state index contributed by atoms with van der Waals surface area (Å²) in [4.78, 5) is 8.21. The Hall–Kier alpha value is -1.40. The van der Waals surface area contributed by atoms with Crippen LogP contribution >= 0.6 is 0 Å². The highest BCUT2D eigenvalue weighted by Gasteiger charge is 2.24. The summed E-state index contributed by atoms with van der Waals surface area (Å²) in [6.07, 6.45) is 3.38. The van der Waals surface area contributed by atoms with Crippen LogP contribution < -0.4 is 0 Å². The average molecular weight is 188 g/mol. The van der Waals surface area contributed by atoms with E-state index in [0.29, 0.717) is 11.6 Å². The molecule has 1 fully saturated rings. The lowest BCUT2D eigenvalue weighted by Crippen LogP contribution is -1.95. The minimum absolute atomic E-state index is 0.602. The average Bonchev–Trinajstić information content (AvgIpc) is 2.98. The molecule has 1 atom stereocenters. The largest absolute Gasteiger partial charge is 0.381 e. The van der Waals surface area contributed by atoms with Crippen molar-refractivity contribution in [3.05, 3.63) is 23.8 Å². The Morgan fingerprint density at radius 2 is 2.29 bits per heavy atom. The number of nitrogens with zero attached hydrogens (tertiary/aromatic N) is 2. The van der Waals surface area contributed by atoms with Crippen LogP contribution in [0.25, 0.3) is 0 Å². The van der Waals surface area contributed by atoms with Crippen LogP contribution in [0.15, 0.2) is 12.4 Å². The molecule has 0 amide bonds. The molecule has 0 aromatic carbocycles. The number of hydrogen-bond acceptors (Lipinski definition) is 3. The Balaban J connectivity index is 2.18. The third-order valence-corrected chi connectivity index (χ3v) is 2.09. The van der Waals surface area contributed by atoms with Gasteiger partial charge in [0.25, 0.3) is 0 Å². The third kappa shape index (κ3) is 2.30. The molecular weight excluding hydrogens is 176 g/mol. The smallest absolute Gasteiger partial charge is 0.117 e. The highest BCUT2D eigenvalue weighted by atomic mass is 16.3. The molecule has 1 saturated carbocycles. The zero-order valence-electron chi connectivity index (χ0n) is 8.07. The monoisotopic (exact) mass is 188 g/mol. The van der Waals surface area contributed by atoms with Crippen LogP contribution in [-0.4, -0.2) is 21.2 Å². The molecular formula is C11H12N2O. The summed E-state index contributed by atoms with van der Waals surface area (Å²) in [5.74, 6) is 6.10. The molecule has 1 N–H and O–H groups in total. The molecule has 1 aliphatic rings. The fourth-order valence-corrected chi connectivity index (χ4v) is 1.22. The van der Waals surface area contributed by atoms with E-state index in [4.69, 9.17) is 5.11 Å². The summed E-state index contributed by atoms with van der Waals surface area (Å²) < 4.78 is 0. The van der Waals surface area contributed by atoms with E-state index in [9.17, 15) is 0 Å². The van der Waals surface area contributed by atoms with Crippen LogP contribution in [-0.2, 0) is 0 Å². The van der Waals surface area contributed by atoms with E-state index in [0.717, 1.165) is 5.69 Å². The maximum absolute atomic E-state index is 8.99. The van der Waals surface area contributed by atoms with Gasteiger partial charge in [-0.3, -0.25) is 0 Å². The molecule has 1 heterocycles. The van der Waals surface area contributed by atoms with E-state index in [2.05, 4.69) is 21.8 Å². The number of aliphatic hydroxyl groups excluding tert-OH is 1. The van der Waals surface area contributed by atoms with Gasteiger partial charge in [0.1, 0.15) is 18.1 Å². The van der Waals surface area contributed by atoms with Crippen molar-refractivity contribution in [1.82, 2.24) is 9.97 Å². The van der Waals surface area contributed by atoms with E-state index < -0.39 is 6.10 Å². The molecule has 72 valence electrons. The lowest BCUT2D eigenvalue weighted by atomic mass is 10.2. The summed E-state index contributed by atoms with van der Waals surface area (Å²) in [7, 11) is 0. The Morgan fingerprint density at radius 3 is 2.93 bits per heavy atom. The molecule has 0 radical (unpaired) electrons. The van der Waals surface area contributed by atoms with Gasteiger partial charge in [-0.05, 0) is 31.8 Å². The number of hydrogen-bond donors (Lipinski definition) is 1. The minimum Gasteiger partial charge on any atom is -0.381 e. The highest BCUT2D eigenvalue weighted by Crippen LogP contribution is 2.38. The summed E-state index contributed by atoms with van der Waals surface area (Å²) >= 11 is 0. The molecule has 0 bridgehead atoms. The standard InChI is InChI=1S/C11H12N2O/c1-8(14)2-5-10-6-11(9-3-4-9)13-7-12-10/h6-9,14H,3-4H2,1H3. The fraction of sp³-hybridized carbons (Fsp3) is 0.455. The maximum Gasteiger partial charge on any atom is 0.117 e. The van der Waals surface area contributed by atoms with Crippen LogP contribution in [0.5, 0.6) is 0 Å². The fourth-order valence-electron chi connectivity index (χ4n) is 1.22. The van der Waals surface area contributed by atoms with E-state index >= 15 is 0 Å². The van der Waals surface area contributed by atoms with Crippen LogP contribution in [0.4, 0.5) is 0 Å². The van der Waals surface area contributed by atoms with Gasteiger partial charge in [0.15, 0.2) is 0 Å². The zero-order valence-corrected chi connectivity index (χ0v) is 8.07. The second-order valence-corrected chi connectivity index (χ2v) is 3.55. The Kier molecular flexibility index (Phi) is 2.47. The second-order valence-electron chi connectivity index (χ2n) is 3.55. The van der Waals surface area contributed by atoms with Gasteiger partial charge in [0.2, 0.25) is 0 Å². The summed E-state index contributed by atoms with van der Waals surface area (Å²) in [5.41, 5.74) is 1.78. The summed E-state index contributed by atoms with van der Waals surface area (Å²) in [6, 6.07) is 1.91. The molecule has 0 aliphatic heterocycles. The van der Waals surface area contributed by atoms with Crippen LogP contribution in [0.3, 0.4) is 0 Å². The molecule has 3 heteroatoms. The van der Waals surface area contributed by atoms with Crippen LogP contribution in [0.1, 0.15) is 37.1 Å². The van der Waals surface area contributed by atoms with Gasteiger partial charge in [-0.2, -0.15) is 0 Å². The number of aromatic nitrogens is 2. The Labute approximate surface area is 83.2 Å². The normalized spacial score (nSPS) is 17.0. The predicted molar refractivity (Wildman–Crippen MR) is 52.6 cm³/mol. The van der Waals surface area contributed by atoms with Gasteiger partial charge >= 0.3 is 0 Å².